The predicted molar refractivity (Wildman–Crippen MR) is 90.2 cm³/mol. The van der Waals surface area contributed by atoms with Gasteiger partial charge >= 0.3 is 0 Å². The monoisotopic (exact) mass is 345 g/mol. The molecular weight excluding hydrogens is 328 g/mol. The van der Waals surface area contributed by atoms with Crippen molar-refractivity contribution in [3.05, 3.63) is 55.4 Å². The lowest BCUT2D eigenvalue weighted by atomic mass is 10.1. The van der Waals surface area contributed by atoms with E-state index in [9.17, 15) is 4.39 Å². The number of halogens is 3. The summed E-state index contributed by atoms with van der Waals surface area (Å²) in [7, 11) is 0. The average Bonchev–Trinajstić information content (AvgIpc) is 2.78. The third-order valence-corrected chi connectivity index (χ3v) is 4.98. The van der Waals surface area contributed by atoms with Gasteiger partial charge in [-0.25, -0.2) is 4.39 Å². The third-order valence-electron chi connectivity index (χ3n) is 3.34. The summed E-state index contributed by atoms with van der Waals surface area (Å²) in [6, 6.07) is 7.37. The van der Waals surface area contributed by atoms with Crippen LogP contribution >= 0.6 is 34.5 Å². The van der Waals surface area contributed by atoms with Gasteiger partial charge in [0.25, 0.3) is 0 Å². The van der Waals surface area contributed by atoms with Gasteiger partial charge < -0.3 is 5.32 Å². The van der Waals surface area contributed by atoms with Gasteiger partial charge in [0, 0.05) is 26.9 Å². The molecule has 1 aromatic heterocycles. The zero-order chi connectivity index (χ0) is 15.6. The van der Waals surface area contributed by atoms with E-state index in [4.69, 9.17) is 23.2 Å². The van der Waals surface area contributed by atoms with E-state index in [2.05, 4.69) is 31.3 Å². The van der Waals surface area contributed by atoms with Gasteiger partial charge in [0.2, 0.25) is 0 Å². The SMILES string of the molecule is Cc1ccc(CC(C)NC(C)c2cc(F)c(Cl)cc2Cl)s1. The Hall–Kier alpha value is -0.610. The highest BCUT2D eigenvalue weighted by Gasteiger charge is 2.16. The molecule has 21 heavy (non-hydrogen) atoms. The zero-order valence-corrected chi connectivity index (χ0v) is 14.5. The topological polar surface area (TPSA) is 12.0 Å². The van der Waals surface area contributed by atoms with Crippen molar-refractivity contribution in [1.82, 2.24) is 5.32 Å². The van der Waals surface area contributed by atoms with Crippen LogP contribution in [0.15, 0.2) is 24.3 Å². The van der Waals surface area contributed by atoms with Crippen molar-refractivity contribution in [3.8, 4) is 0 Å². The fraction of sp³-hybridized carbons (Fsp3) is 0.375. The van der Waals surface area contributed by atoms with Gasteiger partial charge in [0.05, 0.1) is 5.02 Å². The van der Waals surface area contributed by atoms with Gasteiger partial charge in [-0.2, -0.15) is 0 Å². The van der Waals surface area contributed by atoms with E-state index >= 15 is 0 Å². The number of benzene rings is 1. The quantitative estimate of drug-likeness (QED) is 0.676. The van der Waals surface area contributed by atoms with E-state index in [1.165, 1.54) is 21.9 Å². The van der Waals surface area contributed by atoms with E-state index in [0.29, 0.717) is 5.02 Å². The Labute approximate surface area is 139 Å². The predicted octanol–water partition coefficient (Wildman–Crippen LogP) is 5.78. The van der Waals surface area contributed by atoms with Crippen LogP contribution in [0.25, 0.3) is 0 Å². The second-order valence-electron chi connectivity index (χ2n) is 5.29. The minimum atomic E-state index is -0.439. The van der Waals surface area contributed by atoms with E-state index in [1.54, 1.807) is 11.3 Å². The average molecular weight is 346 g/mol. The molecule has 0 spiro atoms. The van der Waals surface area contributed by atoms with Crippen LogP contribution in [0.5, 0.6) is 0 Å². The van der Waals surface area contributed by atoms with Crippen LogP contribution in [0.4, 0.5) is 4.39 Å². The molecule has 5 heteroatoms. The minimum absolute atomic E-state index is 0.0414. The number of hydrogen-bond acceptors (Lipinski definition) is 2. The van der Waals surface area contributed by atoms with Crippen molar-refractivity contribution in [3.63, 3.8) is 0 Å². The maximum atomic E-state index is 13.6. The summed E-state index contributed by atoms with van der Waals surface area (Å²) in [6.45, 7) is 6.20. The second kappa shape index (κ2) is 7.10. The molecule has 114 valence electrons. The molecule has 2 atom stereocenters. The summed E-state index contributed by atoms with van der Waals surface area (Å²) in [5, 5.41) is 3.99. The highest BCUT2D eigenvalue weighted by Crippen LogP contribution is 2.29. The van der Waals surface area contributed by atoms with Gasteiger partial charge in [0.1, 0.15) is 5.82 Å². The molecule has 1 N–H and O–H groups in total. The number of nitrogens with one attached hydrogen (secondary N) is 1. The van der Waals surface area contributed by atoms with Crippen LogP contribution in [0.1, 0.15) is 35.2 Å². The lowest BCUT2D eigenvalue weighted by Crippen LogP contribution is -2.30. The fourth-order valence-corrected chi connectivity index (χ4v) is 3.91. The van der Waals surface area contributed by atoms with Crippen LogP contribution in [-0.2, 0) is 6.42 Å². The molecule has 0 aliphatic heterocycles. The van der Waals surface area contributed by atoms with Gasteiger partial charge in [-0.1, -0.05) is 23.2 Å². The van der Waals surface area contributed by atoms with E-state index in [0.717, 1.165) is 12.0 Å². The first kappa shape index (κ1) is 16.8. The first-order valence-corrected chi connectivity index (χ1v) is 8.40. The Morgan fingerprint density at radius 3 is 2.52 bits per heavy atom. The Kier molecular flexibility index (Phi) is 5.67. The summed E-state index contributed by atoms with van der Waals surface area (Å²) in [5.41, 5.74) is 0.729. The summed E-state index contributed by atoms with van der Waals surface area (Å²) < 4.78 is 13.6. The van der Waals surface area contributed by atoms with Crippen molar-refractivity contribution in [1.29, 1.82) is 0 Å². The molecule has 0 bridgehead atoms. The molecule has 1 nitrogen and oxygen atoms in total. The molecule has 1 aromatic carbocycles. The maximum Gasteiger partial charge on any atom is 0.142 e. The molecule has 0 aliphatic rings. The summed E-state index contributed by atoms with van der Waals surface area (Å²) >= 11 is 13.7. The van der Waals surface area contributed by atoms with Crippen molar-refractivity contribution in [2.75, 3.05) is 0 Å². The van der Waals surface area contributed by atoms with Crippen LogP contribution in [-0.4, -0.2) is 6.04 Å². The number of aryl methyl sites for hydroxylation is 1. The number of rotatable bonds is 5. The summed E-state index contributed by atoms with van der Waals surface area (Å²) in [6.07, 6.45) is 0.941. The molecule has 0 fully saturated rings. The lowest BCUT2D eigenvalue weighted by molar-refractivity contribution is 0.477. The molecule has 2 rings (SSSR count). The van der Waals surface area contributed by atoms with Gasteiger partial charge in [-0.15, -0.1) is 11.3 Å². The van der Waals surface area contributed by atoms with Gasteiger partial charge in [0.15, 0.2) is 0 Å². The number of hydrogen-bond donors (Lipinski definition) is 1. The minimum Gasteiger partial charge on any atom is -0.307 e. The van der Waals surface area contributed by atoms with Crippen molar-refractivity contribution < 1.29 is 4.39 Å². The Balaban J connectivity index is 2.03. The normalized spacial score (nSPS) is 14.2. The molecular formula is C16H18Cl2FNS. The van der Waals surface area contributed by atoms with Gasteiger partial charge in [-0.3, -0.25) is 0 Å². The highest BCUT2D eigenvalue weighted by molar-refractivity contribution is 7.11. The van der Waals surface area contributed by atoms with Crippen LogP contribution < -0.4 is 5.32 Å². The number of thiophene rings is 1. The first-order valence-electron chi connectivity index (χ1n) is 6.82. The Bertz CT molecular complexity index is 627. The Morgan fingerprint density at radius 1 is 1.19 bits per heavy atom. The van der Waals surface area contributed by atoms with E-state index < -0.39 is 5.82 Å². The molecule has 2 aromatic rings. The Morgan fingerprint density at radius 2 is 1.90 bits per heavy atom. The lowest BCUT2D eigenvalue weighted by Gasteiger charge is -2.21. The standard InChI is InChI=1S/C16H18Cl2FNS/c1-9(6-12-5-4-10(2)21-12)20-11(3)13-7-16(19)15(18)8-14(13)17/h4-5,7-9,11,20H,6H2,1-3H3. The summed E-state index contributed by atoms with van der Waals surface area (Å²) in [5.74, 6) is -0.439. The zero-order valence-electron chi connectivity index (χ0n) is 12.2. The molecule has 0 saturated carbocycles. The van der Waals surface area contributed by atoms with Crippen molar-refractivity contribution in [2.24, 2.45) is 0 Å². The molecule has 1 heterocycles. The van der Waals surface area contributed by atoms with Crippen molar-refractivity contribution in [2.45, 2.75) is 39.3 Å². The van der Waals surface area contributed by atoms with Crippen LogP contribution in [0.3, 0.4) is 0 Å². The smallest absolute Gasteiger partial charge is 0.142 e. The second-order valence-corrected chi connectivity index (χ2v) is 7.48. The molecule has 0 radical (unpaired) electrons. The maximum absolute atomic E-state index is 13.6. The van der Waals surface area contributed by atoms with E-state index in [1.807, 2.05) is 6.92 Å². The van der Waals surface area contributed by atoms with E-state index in [-0.39, 0.29) is 17.1 Å². The van der Waals surface area contributed by atoms with Crippen LogP contribution in [0, 0.1) is 12.7 Å². The molecule has 0 amide bonds. The van der Waals surface area contributed by atoms with Crippen molar-refractivity contribution >= 4 is 34.5 Å². The van der Waals surface area contributed by atoms with Crippen LogP contribution in [0.2, 0.25) is 10.0 Å². The fourth-order valence-electron chi connectivity index (χ4n) is 2.34. The molecule has 0 saturated heterocycles. The third kappa shape index (κ3) is 4.43. The highest BCUT2D eigenvalue weighted by atomic mass is 35.5. The molecule has 2 unspecified atom stereocenters. The first-order chi connectivity index (χ1) is 9.86. The molecule has 0 aliphatic carbocycles. The summed E-state index contributed by atoms with van der Waals surface area (Å²) in [4.78, 5) is 2.65. The van der Waals surface area contributed by atoms with Gasteiger partial charge in [-0.05, 0) is 57.0 Å². The largest absolute Gasteiger partial charge is 0.307 e.